The zero-order valence-corrected chi connectivity index (χ0v) is 24.8. The second-order valence-electron chi connectivity index (χ2n) is 11.7. The average molecular weight is 617 g/mol. The first-order chi connectivity index (χ1) is 21.8. The molecule has 4 aromatic rings. The lowest BCUT2D eigenvalue weighted by atomic mass is 9.73. The number of alkyl halides is 3. The van der Waals surface area contributed by atoms with Gasteiger partial charge in [0, 0.05) is 24.7 Å². The van der Waals surface area contributed by atoms with Crippen LogP contribution in [0.5, 0.6) is 0 Å². The molecule has 2 aliphatic rings. The van der Waals surface area contributed by atoms with Crippen molar-refractivity contribution in [2.75, 3.05) is 26.2 Å². The van der Waals surface area contributed by atoms with E-state index < -0.39 is 24.0 Å². The molecule has 2 amide bonds. The fraction of sp³-hybridized carbons (Fsp3) is 0.343. The number of aromatic nitrogens is 1. The Hall–Kier alpha value is -4.44. The number of amides is 2. The number of fused-ring (bicyclic) bond motifs is 3. The maximum atomic E-state index is 13.7. The number of hydrogen-bond acceptors (Lipinski definition) is 5. The minimum absolute atomic E-state index is 0.00885. The Bertz CT molecular complexity index is 1600. The number of carbonyl (C=O) groups excluding carboxylic acids is 2. The van der Waals surface area contributed by atoms with E-state index in [-0.39, 0.29) is 17.7 Å². The van der Waals surface area contributed by atoms with Gasteiger partial charge in [-0.15, -0.1) is 0 Å². The number of piperidine rings is 1. The zero-order chi connectivity index (χ0) is 31.4. The molecule has 0 unspecified atom stereocenters. The van der Waals surface area contributed by atoms with E-state index in [2.05, 4.69) is 20.5 Å². The monoisotopic (exact) mass is 616 g/mol. The van der Waals surface area contributed by atoms with Gasteiger partial charge in [-0.2, -0.15) is 13.2 Å². The van der Waals surface area contributed by atoms with Crippen molar-refractivity contribution in [3.8, 4) is 22.4 Å². The summed E-state index contributed by atoms with van der Waals surface area (Å²) in [6, 6.07) is 24.5. The number of unbranched alkanes of at least 4 members (excludes halogenated alkanes) is 1. The summed E-state index contributed by atoms with van der Waals surface area (Å²) < 4.78 is 44.8. The Kier molecular flexibility index (Phi) is 8.76. The lowest BCUT2D eigenvalue weighted by Gasteiger charge is -2.33. The molecule has 3 aromatic carbocycles. The third-order valence-corrected chi connectivity index (χ3v) is 8.92. The van der Waals surface area contributed by atoms with Gasteiger partial charge in [-0.25, -0.2) is 4.98 Å². The molecule has 1 fully saturated rings. The van der Waals surface area contributed by atoms with Crippen molar-refractivity contribution in [3.05, 3.63) is 102 Å². The molecule has 7 nitrogen and oxygen atoms in total. The van der Waals surface area contributed by atoms with E-state index in [4.69, 9.17) is 4.42 Å². The van der Waals surface area contributed by atoms with E-state index in [0.717, 1.165) is 66.7 Å². The highest BCUT2D eigenvalue weighted by atomic mass is 19.4. The first-order valence-corrected chi connectivity index (χ1v) is 15.3. The molecule has 1 aliphatic carbocycles. The molecular formula is C35H35F3N4O3. The number of hydrogen-bond donors (Lipinski definition) is 2. The summed E-state index contributed by atoms with van der Waals surface area (Å²) in [4.78, 5) is 33.2. The summed E-state index contributed by atoms with van der Waals surface area (Å²) in [6.07, 6.45) is 0.195. The van der Waals surface area contributed by atoms with Crippen molar-refractivity contribution < 1.29 is 27.2 Å². The molecular weight excluding hydrogens is 581 g/mol. The molecule has 0 saturated carbocycles. The van der Waals surface area contributed by atoms with Gasteiger partial charge in [0.1, 0.15) is 17.7 Å². The van der Waals surface area contributed by atoms with E-state index in [1.165, 1.54) is 6.39 Å². The van der Waals surface area contributed by atoms with Gasteiger partial charge in [-0.05, 0) is 54.5 Å². The van der Waals surface area contributed by atoms with Crippen molar-refractivity contribution in [2.24, 2.45) is 0 Å². The molecule has 0 bridgehead atoms. The van der Waals surface area contributed by atoms with Crippen LogP contribution in [0.1, 0.15) is 53.8 Å². The maximum absolute atomic E-state index is 13.7. The fourth-order valence-corrected chi connectivity index (χ4v) is 6.77. The third-order valence-electron chi connectivity index (χ3n) is 8.92. The van der Waals surface area contributed by atoms with Gasteiger partial charge in [-0.1, -0.05) is 85.3 Å². The van der Waals surface area contributed by atoms with E-state index in [0.29, 0.717) is 18.5 Å². The van der Waals surface area contributed by atoms with Crippen LogP contribution in [0.25, 0.3) is 22.4 Å². The van der Waals surface area contributed by atoms with Crippen LogP contribution in [0.15, 0.2) is 89.7 Å². The van der Waals surface area contributed by atoms with Gasteiger partial charge in [0.2, 0.25) is 11.7 Å². The summed E-state index contributed by atoms with van der Waals surface area (Å²) >= 11 is 0. The Balaban J connectivity index is 1.06. The lowest BCUT2D eigenvalue weighted by Crippen LogP contribution is -2.47. The summed E-state index contributed by atoms with van der Waals surface area (Å²) in [7, 11) is 0. The quantitative estimate of drug-likeness (QED) is 0.203. The third kappa shape index (κ3) is 6.38. The molecule has 0 spiro atoms. The minimum atomic E-state index is -4.50. The molecule has 1 aromatic heterocycles. The summed E-state index contributed by atoms with van der Waals surface area (Å²) in [5.41, 5.74) is 3.43. The van der Waals surface area contributed by atoms with Gasteiger partial charge in [0.15, 0.2) is 6.39 Å². The first kappa shape index (κ1) is 30.6. The summed E-state index contributed by atoms with van der Waals surface area (Å²) in [5.74, 6) is -0.695. The number of likely N-dealkylation sites (tertiary alicyclic amines) is 1. The molecule has 234 valence electrons. The number of halogens is 3. The molecule has 1 aliphatic heterocycles. The topological polar surface area (TPSA) is 87.5 Å². The molecule has 0 radical (unpaired) electrons. The van der Waals surface area contributed by atoms with Crippen molar-refractivity contribution >= 4 is 11.8 Å². The summed E-state index contributed by atoms with van der Waals surface area (Å²) in [6.45, 7) is 1.03. The molecule has 2 heterocycles. The van der Waals surface area contributed by atoms with Crippen LogP contribution in [0.2, 0.25) is 0 Å². The zero-order valence-electron chi connectivity index (χ0n) is 24.8. The lowest BCUT2D eigenvalue weighted by molar-refractivity contribution is -0.141. The molecule has 45 heavy (non-hydrogen) atoms. The molecule has 10 heteroatoms. The Morgan fingerprint density at radius 1 is 0.889 bits per heavy atom. The van der Waals surface area contributed by atoms with Gasteiger partial charge < -0.3 is 20.0 Å². The average Bonchev–Trinajstić information content (AvgIpc) is 3.66. The highest BCUT2D eigenvalue weighted by Gasteiger charge is 2.49. The highest BCUT2D eigenvalue weighted by Crippen LogP contribution is 2.51. The van der Waals surface area contributed by atoms with Gasteiger partial charge in [-0.3, -0.25) is 9.59 Å². The van der Waals surface area contributed by atoms with Gasteiger partial charge >= 0.3 is 6.18 Å². The van der Waals surface area contributed by atoms with Crippen LogP contribution >= 0.6 is 0 Å². The molecule has 0 atom stereocenters. The van der Waals surface area contributed by atoms with Gasteiger partial charge in [0.25, 0.3) is 5.91 Å². The van der Waals surface area contributed by atoms with E-state index in [9.17, 15) is 22.8 Å². The largest absolute Gasteiger partial charge is 0.438 e. The van der Waals surface area contributed by atoms with Crippen molar-refractivity contribution in [1.82, 2.24) is 20.5 Å². The number of carbonyl (C=O) groups is 2. The molecule has 6 rings (SSSR count). The number of rotatable bonds is 10. The fourth-order valence-electron chi connectivity index (χ4n) is 6.77. The summed E-state index contributed by atoms with van der Waals surface area (Å²) in [5, 5.41) is 5.29. The van der Waals surface area contributed by atoms with Crippen LogP contribution in [0.4, 0.5) is 13.2 Å². The van der Waals surface area contributed by atoms with Crippen LogP contribution in [-0.2, 0) is 10.2 Å². The SMILES string of the molecule is O=C(NC1CCN(CCCCC2(C(=O)NCC(F)(F)F)c3ccccc3-c3ccccc32)CC1)c1ocnc1-c1ccccc1. The Labute approximate surface area is 259 Å². The van der Waals surface area contributed by atoms with Crippen LogP contribution in [0.3, 0.4) is 0 Å². The normalized spacial score (nSPS) is 16.2. The second-order valence-corrected chi connectivity index (χ2v) is 11.7. The van der Waals surface area contributed by atoms with Crippen molar-refractivity contribution in [3.63, 3.8) is 0 Å². The number of nitrogens with zero attached hydrogens (tertiary/aromatic N) is 2. The molecule has 1 saturated heterocycles. The van der Waals surface area contributed by atoms with Crippen molar-refractivity contribution in [2.45, 2.75) is 49.7 Å². The predicted molar refractivity (Wildman–Crippen MR) is 164 cm³/mol. The van der Waals surface area contributed by atoms with Crippen LogP contribution in [-0.4, -0.2) is 60.1 Å². The van der Waals surface area contributed by atoms with E-state index in [1.807, 2.05) is 78.9 Å². The van der Waals surface area contributed by atoms with Crippen LogP contribution in [0, 0.1) is 0 Å². The smallest absolute Gasteiger partial charge is 0.405 e. The molecule has 2 N–H and O–H groups in total. The van der Waals surface area contributed by atoms with E-state index >= 15 is 0 Å². The number of benzene rings is 3. The number of nitrogens with one attached hydrogen (secondary N) is 2. The second kappa shape index (κ2) is 12.9. The standard InChI is InChI=1S/C35H35F3N4O3/c36-35(37,38)22-39-33(44)34(28-14-6-4-12-26(28)27-13-5-7-15-29(27)34)18-8-9-19-42-20-16-25(17-21-42)41-32(43)31-30(40-23-45-31)24-10-2-1-3-11-24/h1-7,10-15,23,25H,8-9,16-22H2,(H,39,44)(H,41,43). The van der Waals surface area contributed by atoms with E-state index in [1.54, 1.807) is 0 Å². The first-order valence-electron chi connectivity index (χ1n) is 15.3. The van der Waals surface area contributed by atoms with Crippen molar-refractivity contribution in [1.29, 1.82) is 0 Å². The predicted octanol–water partition coefficient (Wildman–Crippen LogP) is 6.35. The Morgan fingerprint density at radius 2 is 1.51 bits per heavy atom. The van der Waals surface area contributed by atoms with Gasteiger partial charge in [0.05, 0.1) is 0 Å². The van der Waals surface area contributed by atoms with Crippen LogP contribution < -0.4 is 10.6 Å². The number of oxazole rings is 1. The maximum Gasteiger partial charge on any atom is 0.405 e. The minimum Gasteiger partial charge on any atom is -0.438 e. The Morgan fingerprint density at radius 3 is 2.16 bits per heavy atom. The highest BCUT2D eigenvalue weighted by molar-refractivity contribution is 6.00.